The summed E-state index contributed by atoms with van der Waals surface area (Å²) < 4.78 is 0. The minimum atomic E-state index is -0.616. The highest BCUT2D eigenvalue weighted by molar-refractivity contribution is 5.94. The van der Waals surface area contributed by atoms with Crippen molar-refractivity contribution < 1.29 is 14.7 Å². The van der Waals surface area contributed by atoms with Gasteiger partial charge in [0.2, 0.25) is 0 Å². The third kappa shape index (κ3) is 2.47. The maximum absolute atomic E-state index is 12.2. The molecule has 6 heteroatoms. The van der Waals surface area contributed by atoms with E-state index in [-0.39, 0.29) is 22.2 Å². The zero-order chi connectivity index (χ0) is 19.7. The zero-order valence-electron chi connectivity index (χ0n) is 16.8. The molecule has 6 nitrogen and oxygen atoms in total. The molecular formula is C21H33N3O3. The van der Waals surface area contributed by atoms with E-state index in [0.717, 1.165) is 63.5 Å². The van der Waals surface area contributed by atoms with E-state index in [1.807, 2.05) is 6.92 Å². The molecule has 4 aliphatic rings. The van der Waals surface area contributed by atoms with Crippen molar-refractivity contribution in [2.75, 3.05) is 0 Å². The van der Waals surface area contributed by atoms with Gasteiger partial charge in [-0.15, -0.1) is 0 Å². The molecule has 0 radical (unpaired) electrons. The fourth-order valence-electron chi connectivity index (χ4n) is 8.08. The SMILES string of the molecule is C[C@@]12CC[C@H]3[C@@](CC[C@H]4[C@@]3(C)CCC[C@@]4(C)C(=O)O)(C/C1=N/NC(N)=O)C2. The Morgan fingerprint density at radius 1 is 1.11 bits per heavy atom. The third-order valence-corrected chi connectivity index (χ3v) is 9.18. The van der Waals surface area contributed by atoms with Gasteiger partial charge in [0.25, 0.3) is 0 Å². The normalized spacial score (nSPS) is 50.0. The second-order valence-electron chi connectivity index (χ2n) is 10.6. The molecule has 6 atom stereocenters. The first-order valence-electron chi connectivity index (χ1n) is 10.4. The molecule has 1 spiro atoms. The third-order valence-electron chi connectivity index (χ3n) is 9.18. The van der Waals surface area contributed by atoms with Crippen LogP contribution in [0.4, 0.5) is 4.79 Å². The Labute approximate surface area is 161 Å². The highest BCUT2D eigenvalue weighted by Crippen LogP contribution is 2.73. The Bertz CT molecular complexity index is 721. The summed E-state index contributed by atoms with van der Waals surface area (Å²) in [5, 5.41) is 14.4. The first-order chi connectivity index (χ1) is 12.6. The number of carbonyl (C=O) groups is 2. The summed E-state index contributed by atoms with van der Waals surface area (Å²) in [4.78, 5) is 23.3. The maximum atomic E-state index is 12.2. The smallest absolute Gasteiger partial charge is 0.332 e. The molecule has 150 valence electrons. The fraction of sp³-hybridized carbons (Fsp3) is 0.857. The van der Waals surface area contributed by atoms with E-state index in [2.05, 4.69) is 24.4 Å². The van der Waals surface area contributed by atoms with E-state index in [9.17, 15) is 14.7 Å². The molecular weight excluding hydrogens is 342 g/mol. The monoisotopic (exact) mass is 375 g/mol. The van der Waals surface area contributed by atoms with Crippen LogP contribution in [0.3, 0.4) is 0 Å². The lowest BCUT2D eigenvalue weighted by molar-refractivity contribution is -0.182. The van der Waals surface area contributed by atoms with Crippen molar-refractivity contribution >= 4 is 17.7 Å². The Kier molecular flexibility index (Phi) is 3.97. The highest BCUT2D eigenvalue weighted by atomic mass is 16.4. The van der Waals surface area contributed by atoms with Crippen molar-refractivity contribution in [1.29, 1.82) is 0 Å². The Balaban J connectivity index is 1.70. The summed E-state index contributed by atoms with van der Waals surface area (Å²) >= 11 is 0. The molecule has 0 saturated heterocycles. The van der Waals surface area contributed by atoms with E-state index in [0.29, 0.717) is 5.92 Å². The second-order valence-corrected chi connectivity index (χ2v) is 10.6. The number of fused-ring (bicyclic) bond motifs is 3. The number of carboxylic acid groups (broad SMARTS) is 1. The molecule has 4 fully saturated rings. The van der Waals surface area contributed by atoms with Crippen LogP contribution in [0.15, 0.2) is 5.10 Å². The molecule has 4 saturated carbocycles. The standard InChI is InChI=1S/C21H33N3O3/c1-18-9-5-14-19(2)7-4-8-20(3,16(25)26)13(19)6-10-21(14,12-18)11-15(18)23-24-17(22)27/h13-14H,4-12H2,1-3H3,(H,25,26)(H3,22,24,27)/b23-15-/t13-,14+,18-,19+,20+,21-/m0/s1. The Hall–Kier alpha value is -1.59. The van der Waals surface area contributed by atoms with Gasteiger partial charge in [0.15, 0.2) is 0 Å². The van der Waals surface area contributed by atoms with Crippen molar-refractivity contribution in [3.05, 3.63) is 0 Å². The van der Waals surface area contributed by atoms with Crippen LogP contribution in [0.2, 0.25) is 0 Å². The fourth-order valence-corrected chi connectivity index (χ4v) is 8.08. The lowest BCUT2D eigenvalue weighted by Gasteiger charge is -2.63. The molecule has 4 N–H and O–H groups in total. The first kappa shape index (κ1) is 18.8. The minimum absolute atomic E-state index is 0.0346. The number of rotatable bonds is 2. The second kappa shape index (κ2) is 5.71. The number of carboxylic acids is 1. The number of hydrogen-bond donors (Lipinski definition) is 3. The van der Waals surface area contributed by atoms with Gasteiger partial charge in [-0.3, -0.25) is 4.79 Å². The quantitative estimate of drug-likeness (QED) is 0.637. The van der Waals surface area contributed by atoms with Gasteiger partial charge in [0, 0.05) is 11.1 Å². The number of nitrogens with two attached hydrogens (primary N) is 1. The number of hydrazone groups is 1. The summed E-state index contributed by atoms with van der Waals surface area (Å²) in [7, 11) is 0. The van der Waals surface area contributed by atoms with Gasteiger partial charge in [-0.1, -0.05) is 20.3 Å². The lowest BCUT2D eigenvalue weighted by Crippen LogP contribution is -2.58. The van der Waals surface area contributed by atoms with Crippen molar-refractivity contribution in [3.8, 4) is 0 Å². The molecule has 27 heavy (non-hydrogen) atoms. The van der Waals surface area contributed by atoms with Crippen LogP contribution in [0, 0.1) is 33.5 Å². The summed E-state index contributed by atoms with van der Waals surface area (Å²) in [5.74, 6) is 0.174. The lowest BCUT2D eigenvalue weighted by atomic mass is 9.40. The van der Waals surface area contributed by atoms with E-state index in [4.69, 9.17) is 5.73 Å². The molecule has 0 aliphatic heterocycles. The van der Waals surface area contributed by atoms with Crippen LogP contribution in [0.5, 0.6) is 0 Å². The molecule has 2 bridgehead atoms. The van der Waals surface area contributed by atoms with E-state index < -0.39 is 17.4 Å². The highest BCUT2D eigenvalue weighted by Gasteiger charge is 2.67. The summed E-state index contributed by atoms with van der Waals surface area (Å²) in [5.41, 5.74) is 8.50. The summed E-state index contributed by atoms with van der Waals surface area (Å²) in [6.45, 7) is 6.64. The van der Waals surface area contributed by atoms with Crippen molar-refractivity contribution in [2.45, 2.75) is 78.6 Å². The van der Waals surface area contributed by atoms with Crippen molar-refractivity contribution in [1.82, 2.24) is 5.43 Å². The summed E-state index contributed by atoms with van der Waals surface area (Å²) in [6.07, 6.45) is 9.22. The van der Waals surface area contributed by atoms with Crippen LogP contribution in [-0.4, -0.2) is 22.8 Å². The predicted molar refractivity (Wildman–Crippen MR) is 103 cm³/mol. The molecule has 0 aromatic carbocycles. The number of carbonyl (C=O) groups excluding carboxylic acids is 1. The molecule has 2 amide bonds. The number of hydrogen-bond acceptors (Lipinski definition) is 3. The topological polar surface area (TPSA) is 105 Å². The van der Waals surface area contributed by atoms with Gasteiger partial charge < -0.3 is 10.8 Å². The van der Waals surface area contributed by atoms with Crippen LogP contribution in [0.1, 0.15) is 78.6 Å². The first-order valence-corrected chi connectivity index (χ1v) is 10.4. The van der Waals surface area contributed by atoms with Gasteiger partial charge >= 0.3 is 12.0 Å². The number of nitrogens with one attached hydrogen (secondary N) is 1. The van der Waals surface area contributed by atoms with Crippen LogP contribution in [-0.2, 0) is 4.79 Å². The Morgan fingerprint density at radius 3 is 2.48 bits per heavy atom. The largest absolute Gasteiger partial charge is 0.481 e. The number of primary amides is 1. The van der Waals surface area contributed by atoms with E-state index in [1.165, 1.54) is 0 Å². The van der Waals surface area contributed by atoms with Gasteiger partial charge in [0.1, 0.15) is 0 Å². The number of urea groups is 1. The van der Waals surface area contributed by atoms with Gasteiger partial charge in [0.05, 0.1) is 5.41 Å². The van der Waals surface area contributed by atoms with E-state index >= 15 is 0 Å². The number of aliphatic carboxylic acids is 1. The molecule has 0 aromatic heterocycles. The maximum Gasteiger partial charge on any atom is 0.332 e. The molecule has 0 aromatic rings. The van der Waals surface area contributed by atoms with Gasteiger partial charge in [-0.2, -0.15) is 5.10 Å². The summed E-state index contributed by atoms with van der Waals surface area (Å²) in [6, 6.07) is -0.609. The molecule has 4 aliphatic carbocycles. The van der Waals surface area contributed by atoms with E-state index in [1.54, 1.807) is 0 Å². The zero-order valence-corrected chi connectivity index (χ0v) is 16.8. The minimum Gasteiger partial charge on any atom is -0.481 e. The van der Waals surface area contributed by atoms with Gasteiger partial charge in [-0.05, 0) is 81.0 Å². The van der Waals surface area contributed by atoms with Crippen molar-refractivity contribution in [3.63, 3.8) is 0 Å². The van der Waals surface area contributed by atoms with Crippen LogP contribution >= 0.6 is 0 Å². The molecule has 4 rings (SSSR count). The van der Waals surface area contributed by atoms with Crippen LogP contribution < -0.4 is 11.2 Å². The molecule has 0 heterocycles. The van der Waals surface area contributed by atoms with Crippen molar-refractivity contribution in [2.24, 2.45) is 44.3 Å². The average Bonchev–Trinajstić information content (AvgIpc) is 2.77. The van der Waals surface area contributed by atoms with Gasteiger partial charge in [-0.25, -0.2) is 10.2 Å². The predicted octanol–water partition coefficient (Wildman–Crippen LogP) is 3.90. The number of amides is 2. The molecule has 0 unspecified atom stereocenters. The average molecular weight is 376 g/mol. The Morgan fingerprint density at radius 2 is 1.81 bits per heavy atom. The number of nitrogens with zero attached hydrogens (tertiary/aromatic N) is 1. The van der Waals surface area contributed by atoms with Crippen LogP contribution in [0.25, 0.3) is 0 Å².